The first kappa shape index (κ1) is 38.1. The smallest absolute Gasteiger partial charge is 0.209 e. The number of Topliss-reactive ketones (excluding diaryl/α,β-unsaturated/α-hetero) is 3. The second-order valence-electron chi connectivity index (χ2n) is 18.3. The number of rotatable bonds is 7. The van der Waals surface area contributed by atoms with Gasteiger partial charge in [0.05, 0.1) is 5.56 Å². The fourth-order valence-corrected chi connectivity index (χ4v) is 11.6. The van der Waals surface area contributed by atoms with Gasteiger partial charge in [0.1, 0.15) is 22.8 Å². The van der Waals surface area contributed by atoms with E-state index in [1.807, 2.05) is 26.8 Å². The third-order valence-electron chi connectivity index (χ3n) is 14.0. The molecule has 4 N–H and O–H groups in total. The van der Waals surface area contributed by atoms with E-state index in [1.165, 1.54) is 42.4 Å². The average Bonchev–Trinajstić information content (AvgIpc) is 3.54. The van der Waals surface area contributed by atoms with Crippen LogP contribution in [0.5, 0.6) is 5.75 Å². The Hall–Kier alpha value is -4.23. The zero-order valence-corrected chi connectivity index (χ0v) is 33.1. The van der Waals surface area contributed by atoms with Crippen LogP contribution in [0.2, 0.25) is 0 Å². The Bertz CT molecular complexity index is 2100. The minimum atomic E-state index is -2.63. The SMILES string of the molecule is CC(=O)C1=C(O)C(C(C)C)[C@@]2(C)C[C@@]3(C)Cc4c(C(C)C)cc(C5=CC=C(CC6CCC(c7ccccc7C)CC6)C5)c(O)c4C(=O)C3=C(O)[C@@]2(O)C1=O. The largest absolute Gasteiger partial charge is 0.511 e. The van der Waals surface area contributed by atoms with Crippen molar-refractivity contribution in [3.05, 3.63) is 104 Å². The van der Waals surface area contributed by atoms with E-state index in [0.29, 0.717) is 29.4 Å². The lowest BCUT2D eigenvalue weighted by Crippen LogP contribution is -2.67. The predicted octanol–water partition coefficient (Wildman–Crippen LogP) is 9.86. The van der Waals surface area contributed by atoms with Gasteiger partial charge >= 0.3 is 0 Å². The third kappa shape index (κ3) is 5.51. The summed E-state index contributed by atoms with van der Waals surface area (Å²) < 4.78 is 0. The van der Waals surface area contributed by atoms with Gasteiger partial charge in [0.25, 0.3) is 0 Å². The van der Waals surface area contributed by atoms with Crippen molar-refractivity contribution in [1.29, 1.82) is 0 Å². The van der Waals surface area contributed by atoms with E-state index < -0.39 is 51.0 Å². The maximum absolute atomic E-state index is 14.9. The molecule has 1 fully saturated rings. The Morgan fingerprint density at radius 1 is 0.963 bits per heavy atom. The lowest BCUT2D eigenvalue weighted by molar-refractivity contribution is -0.171. The summed E-state index contributed by atoms with van der Waals surface area (Å²) in [6.45, 7) is 14.7. The highest BCUT2D eigenvalue weighted by Gasteiger charge is 2.71. The number of allylic oxidation sites excluding steroid dienone is 6. The Morgan fingerprint density at radius 2 is 1.63 bits per heavy atom. The van der Waals surface area contributed by atoms with Crippen molar-refractivity contribution < 1.29 is 34.8 Å². The van der Waals surface area contributed by atoms with E-state index in [0.717, 1.165) is 24.5 Å². The van der Waals surface area contributed by atoms with Crippen molar-refractivity contribution >= 4 is 22.9 Å². The molecule has 7 heteroatoms. The van der Waals surface area contributed by atoms with Crippen LogP contribution < -0.4 is 0 Å². The minimum absolute atomic E-state index is 0.00683. The Labute approximate surface area is 319 Å². The van der Waals surface area contributed by atoms with Gasteiger partial charge in [-0.05, 0) is 123 Å². The molecule has 0 aromatic heterocycles. The third-order valence-corrected chi connectivity index (χ3v) is 14.0. The second kappa shape index (κ2) is 13.2. The highest BCUT2D eigenvalue weighted by molar-refractivity contribution is 6.25. The number of phenolic OH excluding ortho intramolecular Hbond substituents is 1. The summed E-state index contributed by atoms with van der Waals surface area (Å²) in [5.74, 6) is -3.72. The molecule has 286 valence electrons. The molecule has 54 heavy (non-hydrogen) atoms. The molecule has 0 spiro atoms. The van der Waals surface area contributed by atoms with Crippen LogP contribution in [0, 0.1) is 35.5 Å². The molecule has 0 aliphatic heterocycles. The summed E-state index contributed by atoms with van der Waals surface area (Å²) in [7, 11) is 0. The molecule has 1 saturated carbocycles. The van der Waals surface area contributed by atoms with E-state index in [-0.39, 0.29) is 47.3 Å². The lowest BCUT2D eigenvalue weighted by Gasteiger charge is -2.59. The van der Waals surface area contributed by atoms with Crippen LogP contribution in [0.1, 0.15) is 143 Å². The summed E-state index contributed by atoms with van der Waals surface area (Å²) in [5.41, 5.74) is 1.63. The first-order valence-corrected chi connectivity index (χ1v) is 19.9. The standard InChI is InChI=1S/C47H56O7/c1-24(2)33-21-34(31-18-15-29(20-31)19-28-13-16-30(17-14-28)32-12-10-9-11-26(32)5)40(49)37-35(33)22-45(7)23-46(8)38(25(3)4)41(50)36(27(6)48)43(52)47(46,54)44(53)39(45)42(37)51/h9-12,15,18,21,24-25,28,30,38,49-50,53-54H,13-14,16-17,19-20,22-23H2,1-8H3/t28?,30?,38?,45-,46-,47+/m1/s1. The van der Waals surface area contributed by atoms with Crippen LogP contribution in [0.3, 0.4) is 0 Å². The van der Waals surface area contributed by atoms with Crippen LogP contribution in [0.25, 0.3) is 5.57 Å². The van der Waals surface area contributed by atoms with Crippen LogP contribution in [0.4, 0.5) is 0 Å². The minimum Gasteiger partial charge on any atom is -0.511 e. The van der Waals surface area contributed by atoms with Crippen molar-refractivity contribution in [2.24, 2.45) is 28.6 Å². The van der Waals surface area contributed by atoms with E-state index in [9.17, 15) is 34.8 Å². The number of hydrogen-bond acceptors (Lipinski definition) is 7. The summed E-state index contributed by atoms with van der Waals surface area (Å²) in [6, 6.07) is 10.7. The number of phenols is 1. The van der Waals surface area contributed by atoms with Gasteiger partial charge in [-0.15, -0.1) is 0 Å². The van der Waals surface area contributed by atoms with Crippen molar-refractivity contribution in [1.82, 2.24) is 0 Å². The highest BCUT2D eigenvalue weighted by atomic mass is 16.3. The Morgan fingerprint density at radius 3 is 2.24 bits per heavy atom. The molecule has 0 heterocycles. The molecule has 5 aliphatic rings. The summed E-state index contributed by atoms with van der Waals surface area (Å²) >= 11 is 0. The van der Waals surface area contributed by atoms with Crippen LogP contribution in [0.15, 0.2) is 70.7 Å². The number of carbonyl (C=O) groups is 3. The molecule has 0 saturated heterocycles. The van der Waals surface area contributed by atoms with Crippen molar-refractivity contribution in [2.75, 3.05) is 0 Å². The molecular weight excluding hydrogens is 677 g/mol. The molecule has 2 aromatic rings. The van der Waals surface area contributed by atoms with E-state index in [4.69, 9.17) is 0 Å². The summed E-state index contributed by atoms with van der Waals surface area (Å²) in [5, 5.41) is 48.1. The number of aryl methyl sites for hydroxylation is 1. The van der Waals surface area contributed by atoms with Crippen molar-refractivity contribution in [3.63, 3.8) is 0 Å². The molecule has 7 nitrogen and oxygen atoms in total. The van der Waals surface area contributed by atoms with Gasteiger partial charge in [-0.2, -0.15) is 0 Å². The van der Waals surface area contributed by atoms with Gasteiger partial charge in [-0.1, -0.05) is 83.5 Å². The van der Waals surface area contributed by atoms with Gasteiger partial charge < -0.3 is 20.4 Å². The average molecular weight is 733 g/mol. The highest BCUT2D eigenvalue weighted by Crippen LogP contribution is 2.65. The number of carbonyl (C=O) groups excluding carboxylic acids is 3. The lowest BCUT2D eigenvalue weighted by atomic mass is 9.44. The Kier molecular flexibility index (Phi) is 9.31. The van der Waals surface area contributed by atoms with Crippen LogP contribution in [-0.2, 0) is 16.0 Å². The molecule has 0 amide bonds. The molecule has 7 rings (SSSR count). The fraction of sp³-hybridized carbons (Fsp3) is 0.511. The van der Waals surface area contributed by atoms with Crippen molar-refractivity contribution in [3.8, 4) is 5.75 Å². The molecule has 2 aromatic carbocycles. The number of aliphatic hydroxyl groups is 3. The molecular formula is C47H56O7. The topological polar surface area (TPSA) is 132 Å². The zero-order chi connectivity index (χ0) is 39.2. The second-order valence-corrected chi connectivity index (χ2v) is 18.3. The van der Waals surface area contributed by atoms with E-state index >= 15 is 0 Å². The number of aliphatic hydroxyl groups excluding tert-OH is 2. The fourth-order valence-electron chi connectivity index (χ4n) is 11.6. The summed E-state index contributed by atoms with van der Waals surface area (Å²) in [6.07, 6.45) is 11.0. The first-order chi connectivity index (χ1) is 25.4. The van der Waals surface area contributed by atoms with Crippen molar-refractivity contribution in [2.45, 2.75) is 124 Å². The van der Waals surface area contributed by atoms with Gasteiger partial charge in [-0.3, -0.25) is 14.4 Å². The van der Waals surface area contributed by atoms with Crippen LogP contribution >= 0.6 is 0 Å². The normalized spacial score (nSPS) is 31.1. The monoisotopic (exact) mass is 732 g/mol. The molecule has 0 bridgehead atoms. The van der Waals surface area contributed by atoms with E-state index in [2.05, 4.69) is 57.2 Å². The molecule has 0 radical (unpaired) electrons. The number of fused-ring (bicyclic) bond motifs is 3. The number of benzene rings is 2. The van der Waals surface area contributed by atoms with Gasteiger partial charge in [0.15, 0.2) is 17.2 Å². The zero-order valence-electron chi connectivity index (χ0n) is 33.1. The number of ketones is 3. The predicted molar refractivity (Wildman–Crippen MR) is 211 cm³/mol. The molecule has 1 unspecified atom stereocenters. The van der Waals surface area contributed by atoms with Gasteiger partial charge in [0, 0.05) is 27.9 Å². The van der Waals surface area contributed by atoms with Gasteiger partial charge in [0.2, 0.25) is 5.78 Å². The number of aromatic hydroxyl groups is 1. The molecule has 4 atom stereocenters. The first-order valence-electron chi connectivity index (χ1n) is 19.9. The maximum atomic E-state index is 14.9. The Balaban J connectivity index is 1.22. The maximum Gasteiger partial charge on any atom is 0.209 e. The van der Waals surface area contributed by atoms with Crippen LogP contribution in [-0.4, -0.2) is 43.4 Å². The quantitative estimate of drug-likeness (QED) is 0.208. The number of hydrogen-bond donors (Lipinski definition) is 4. The van der Waals surface area contributed by atoms with Gasteiger partial charge in [-0.25, -0.2) is 0 Å². The summed E-state index contributed by atoms with van der Waals surface area (Å²) in [4.78, 5) is 41.7. The molecule has 5 aliphatic carbocycles. The van der Waals surface area contributed by atoms with E-state index in [1.54, 1.807) is 6.92 Å².